The van der Waals surface area contributed by atoms with Crippen LogP contribution in [0, 0.1) is 17.4 Å². The van der Waals surface area contributed by atoms with Gasteiger partial charge in [-0.25, -0.2) is 9.69 Å². The quantitative estimate of drug-likeness (QED) is 0.163. The van der Waals surface area contributed by atoms with Crippen molar-refractivity contribution in [2.75, 3.05) is 12.0 Å². The Kier molecular flexibility index (Phi) is 7.95. The summed E-state index contributed by atoms with van der Waals surface area (Å²) in [5.41, 5.74) is 2.05. The molecule has 3 aromatic carbocycles. The van der Waals surface area contributed by atoms with Crippen molar-refractivity contribution < 1.29 is 31.7 Å². The van der Waals surface area contributed by atoms with Crippen LogP contribution in [0.15, 0.2) is 69.5 Å². The molecule has 3 aromatic rings. The zero-order valence-corrected chi connectivity index (χ0v) is 24.8. The summed E-state index contributed by atoms with van der Waals surface area (Å²) in [5.74, 6) is -1.64. The summed E-state index contributed by atoms with van der Waals surface area (Å²) in [5, 5.41) is 2.18. The first-order chi connectivity index (χ1) is 17.9. The molecule has 9 nitrogen and oxygen atoms in total. The second-order valence-electron chi connectivity index (χ2n) is 8.28. The van der Waals surface area contributed by atoms with Gasteiger partial charge in [-0.2, -0.15) is 8.42 Å². The second kappa shape index (κ2) is 10.9. The molecule has 12 heteroatoms. The Morgan fingerprint density at radius 1 is 1.00 bits per heavy atom. The zero-order valence-electron chi connectivity index (χ0n) is 20.2. The largest absolute Gasteiger partial charge is 0.493 e. The predicted molar refractivity (Wildman–Crippen MR) is 153 cm³/mol. The van der Waals surface area contributed by atoms with Crippen LogP contribution in [0.4, 0.5) is 10.5 Å². The molecular formula is C26H20BrIN2O7S. The highest BCUT2D eigenvalue weighted by Gasteiger charge is 2.37. The molecule has 0 unspecified atom stereocenters. The maximum absolute atomic E-state index is 13.2. The van der Waals surface area contributed by atoms with Crippen molar-refractivity contribution in [2.24, 2.45) is 0 Å². The van der Waals surface area contributed by atoms with Crippen LogP contribution in [0.25, 0.3) is 6.08 Å². The van der Waals surface area contributed by atoms with Gasteiger partial charge in [-0.15, -0.1) is 0 Å². The fourth-order valence-electron chi connectivity index (χ4n) is 3.59. The highest BCUT2D eigenvalue weighted by atomic mass is 127. The molecular weight excluding hydrogens is 691 g/mol. The van der Waals surface area contributed by atoms with Gasteiger partial charge >= 0.3 is 16.1 Å². The monoisotopic (exact) mass is 710 g/mol. The Balaban J connectivity index is 1.70. The summed E-state index contributed by atoms with van der Waals surface area (Å²) in [4.78, 5) is 39.2. The van der Waals surface area contributed by atoms with Gasteiger partial charge in [0, 0.05) is 4.47 Å². The average molecular weight is 711 g/mol. The summed E-state index contributed by atoms with van der Waals surface area (Å²) >= 11 is 5.25. The maximum Gasteiger partial charge on any atom is 0.339 e. The number of hydrogen-bond donors (Lipinski definition) is 1. The fourth-order valence-corrected chi connectivity index (χ4v) is 5.68. The van der Waals surface area contributed by atoms with E-state index in [0.717, 1.165) is 20.5 Å². The summed E-state index contributed by atoms with van der Waals surface area (Å²) in [6.45, 7) is 3.64. The van der Waals surface area contributed by atoms with Gasteiger partial charge < -0.3 is 8.92 Å². The normalized spacial score (nSPS) is 15.0. The number of ether oxygens (including phenoxy) is 1. The Morgan fingerprint density at radius 2 is 1.68 bits per heavy atom. The van der Waals surface area contributed by atoms with E-state index >= 15 is 0 Å². The minimum atomic E-state index is -4.16. The van der Waals surface area contributed by atoms with Crippen molar-refractivity contribution in [1.29, 1.82) is 0 Å². The molecule has 196 valence electrons. The van der Waals surface area contributed by atoms with Crippen LogP contribution < -0.4 is 19.1 Å². The molecule has 1 saturated heterocycles. The lowest BCUT2D eigenvalue weighted by atomic mass is 10.1. The lowest BCUT2D eigenvalue weighted by Gasteiger charge is -2.26. The summed E-state index contributed by atoms with van der Waals surface area (Å²) in [6.07, 6.45) is 1.30. The Morgan fingerprint density at radius 3 is 2.32 bits per heavy atom. The number of carbonyl (C=O) groups excluding carboxylic acids is 3. The number of hydrogen-bond acceptors (Lipinski definition) is 7. The molecule has 0 aliphatic carbocycles. The number of urea groups is 1. The van der Waals surface area contributed by atoms with Crippen molar-refractivity contribution in [1.82, 2.24) is 5.32 Å². The van der Waals surface area contributed by atoms with E-state index in [9.17, 15) is 22.8 Å². The molecule has 0 spiro atoms. The number of imide groups is 2. The predicted octanol–water partition coefficient (Wildman–Crippen LogP) is 5.11. The number of benzene rings is 3. The van der Waals surface area contributed by atoms with Gasteiger partial charge in [-0.05, 0) is 96.1 Å². The Hall–Kier alpha value is -3.23. The minimum absolute atomic E-state index is 0.0236. The molecule has 1 heterocycles. The highest BCUT2D eigenvalue weighted by molar-refractivity contribution is 14.1. The topological polar surface area (TPSA) is 119 Å². The van der Waals surface area contributed by atoms with Crippen molar-refractivity contribution in [2.45, 2.75) is 18.7 Å². The summed E-state index contributed by atoms with van der Waals surface area (Å²) < 4.78 is 37.6. The number of barbiturate groups is 1. The van der Waals surface area contributed by atoms with Crippen LogP contribution in [0.5, 0.6) is 11.5 Å². The molecule has 4 rings (SSSR count). The number of halogens is 2. The molecule has 4 amide bonds. The number of methoxy groups -OCH3 is 1. The van der Waals surface area contributed by atoms with Crippen LogP contribution >= 0.6 is 38.5 Å². The molecule has 0 aromatic heterocycles. The fraction of sp³-hybridized carbons (Fsp3) is 0.115. The Bertz CT molecular complexity index is 1620. The van der Waals surface area contributed by atoms with Gasteiger partial charge in [-0.1, -0.05) is 33.6 Å². The van der Waals surface area contributed by atoms with Gasteiger partial charge in [0.2, 0.25) is 0 Å². The van der Waals surface area contributed by atoms with E-state index in [1.165, 1.54) is 37.5 Å². The van der Waals surface area contributed by atoms with Crippen LogP contribution in [0.1, 0.15) is 16.7 Å². The molecule has 38 heavy (non-hydrogen) atoms. The molecule has 0 radical (unpaired) electrons. The van der Waals surface area contributed by atoms with Crippen LogP contribution in [-0.4, -0.2) is 33.4 Å². The first-order valence-corrected chi connectivity index (χ1v) is 14.3. The van der Waals surface area contributed by atoms with E-state index in [0.29, 0.717) is 14.8 Å². The van der Waals surface area contributed by atoms with Gasteiger partial charge in [0.1, 0.15) is 10.5 Å². The van der Waals surface area contributed by atoms with Crippen LogP contribution in [0.2, 0.25) is 0 Å². The van der Waals surface area contributed by atoms with E-state index in [1.54, 1.807) is 37.3 Å². The van der Waals surface area contributed by atoms with E-state index in [1.807, 2.05) is 29.5 Å². The number of amides is 4. The molecule has 1 aliphatic heterocycles. The SMILES string of the molecule is COc1cc(/C=C2/C(=O)NC(=O)N(c3ccc(Br)c(C)c3)C2=O)cc(I)c1OS(=O)(=O)c1ccc(C)cc1. The van der Waals surface area contributed by atoms with Crippen LogP contribution in [0.3, 0.4) is 0 Å². The third-order valence-corrected chi connectivity index (χ3v) is 8.49. The minimum Gasteiger partial charge on any atom is -0.493 e. The van der Waals surface area contributed by atoms with Gasteiger partial charge in [0.05, 0.1) is 16.4 Å². The second-order valence-corrected chi connectivity index (χ2v) is 11.8. The first-order valence-electron chi connectivity index (χ1n) is 11.0. The summed E-state index contributed by atoms with van der Waals surface area (Å²) in [7, 11) is -2.82. The Labute approximate surface area is 241 Å². The number of carbonyl (C=O) groups is 3. The maximum atomic E-state index is 13.2. The molecule has 0 saturated carbocycles. The zero-order chi connectivity index (χ0) is 27.8. The van der Waals surface area contributed by atoms with E-state index in [2.05, 4.69) is 21.2 Å². The van der Waals surface area contributed by atoms with E-state index in [4.69, 9.17) is 8.92 Å². The number of anilines is 1. The van der Waals surface area contributed by atoms with Crippen molar-refractivity contribution in [3.8, 4) is 11.5 Å². The molecule has 1 aliphatic rings. The molecule has 1 N–H and O–H groups in total. The number of aryl methyl sites for hydroxylation is 2. The first kappa shape index (κ1) is 27.8. The molecule has 0 bridgehead atoms. The standard InChI is InChI=1S/C26H20BrIN2O7S/c1-14-4-7-18(8-5-14)38(34,35)37-23-21(28)12-16(13-22(23)36-3)11-19-24(31)29-26(33)30(25(19)32)17-6-9-20(27)15(2)10-17/h4-13H,1-3H3,(H,29,31,33)/b19-11-. The highest BCUT2D eigenvalue weighted by Crippen LogP contribution is 2.37. The number of rotatable bonds is 6. The van der Waals surface area contributed by atoms with E-state index < -0.39 is 28.0 Å². The smallest absolute Gasteiger partial charge is 0.339 e. The third-order valence-electron chi connectivity index (χ3n) is 5.57. The lowest BCUT2D eigenvalue weighted by molar-refractivity contribution is -0.122. The number of nitrogens with one attached hydrogen (secondary N) is 1. The van der Waals surface area contributed by atoms with Crippen molar-refractivity contribution in [3.05, 3.63) is 84.9 Å². The average Bonchev–Trinajstić information content (AvgIpc) is 2.85. The van der Waals surface area contributed by atoms with Gasteiger partial charge in [0.15, 0.2) is 11.5 Å². The van der Waals surface area contributed by atoms with Gasteiger partial charge in [-0.3, -0.25) is 14.9 Å². The number of nitrogens with zero attached hydrogens (tertiary/aromatic N) is 1. The summed E-state index contributed by atoms with van der Waals surface area (Å²) in [6, 6.07) is 13.2. The van der Waals surface area contributed by atoms with Crippen LogP contribution in [-0.2, 0) is 19.7 Å². The molecule has 1 fully saturated rings. The van der Waals surface area contributed by atoms with Crippen molar-refractivity contribution in [3.63, 3.8) is 0 Å². The van der Waals surface area contributed by atoms with Gasteiger partial charge in [0.25, 0.3) is 11.8 Å². The van der Waals surface area contributed by atoms with Crippen molar-refractivity contribution >= 4 is 78.2 Å². The van der Waals surface area contributed by atoms with E-state index in [-0.39, 0.29) is 22.0 Å². The third kappa shape index (κ3) is 5.61. The molecule has 0 atom stereocenters. The lowest BCUT2D eigenvalue weighted by Crippen LogP contribution is -2.54.